The molecule has 2 saturated carbocycles. The summed E-state index contributed by atoms with van der Waals surface area (Å²) in [6.45, 7) is 0. The van der Waals surface area contributed by atoms with E-state index >= 15 is 0 Å². The minimum absolute atomic E-state index is 0.0900. The van der Waals surface area contributed by atoms with Gasteiger partial charge in [0.15, 0.2) is 5.92 Å². The fraction of sp³-hybridized carbons (Fsp3) is 1.00. The molecular formula is C11H14F6. The van der Waals surface area contributed by atoms with Crippen LogP contribution < -0.4 is 0 Å². The number of hydrogen-bond donors (Lipinski definition) is 0. The summed E-state index contributed by atoms with van der Waals surface area (Å²) >= 11 is 0. The predicted octanol–water partition coefficient (Wildman–Crippen LogP) is 4.55. The lowest BCUT2D eigenvalue weighted by Gasteiger charge is -2.29. The van der Waals surface area contributed by atoms with Gasteiger partial charge >= 0.3 is 12.4 Å². The van der Waals surface area contributed by atoms with Gasteiger partial charge in [-0.1, -0.05) is 6.42 Å². The van der Waals surface area contributed by atoms with Crippen molar-refractivity contribution < 1.29 is 26.3 Å². The van der Waals surface area contributed by atoms with Crippen LogP contribution in [0.1, 0.15) is 32.1 Å². The van der Waals surface area contributed by atoms with Gasteiger partial charge in [-0.05, 0) is 43.4 Å². The lowest BCUT2D eigenvalue weighted by atomic mass is 9.82. The van der Waals surface area contributed by atoms with Crippen molar-refractivity contribution in [1.29, 1.82) is 0 Å². The second-order valence-corrected chi connectivity index (χ2v) is 5.31. The maximum atomic E-state index is 12.4. The summed E-state index contributed by atoms with van der Waals surface area (Å²) in [7, 11) is 0. The lowest BCUT2D eigenvalue weighted by molar-refractivity contribution is -0.289. The standard InChI is InChI=1S/C11H14F6/c12-10(13,14)9(11(15,16)17)5-8-4-6-1-2-7(8)3-6/h6-9H,1-5H2. The molecule has 0 aromatic carbocycles. The monoisotopic (exact) mass is 260 g/mol. The van der Waals surface area contributed by atoms with Gasteiger partial charge in [-0.15, -0.1) is 0 Å². The summed E-state index contributed by atoms with van der Waals surface area (Å²) in [6, 6.07) is 0. The van der Waals surface area contributed by atoms with Crippen molar-refractivity contribution in [3.63, 3.8) is 0 Å². The van der Waals surface area contributed by atoms with Crippen molar-refractivity contribution in [2.24, 2.45) is 23.7 Å². The molecule has 2 aliphatic rings. The molecule has 3 atom stereocenters. The van der Waals surface area contributed by atoms with E-state index in [1.165, 1.54) is 0 Å². The Balaban J connectivity index is 2.04. The smallest absolute Gasteiger partial charge is 0.170 e. The third-order valence-electron chi connectivity index (χ3n) is 4.21. The molecule has 0 N–H and O–H groups in total. The Hall–Kier alpha value is -0.420. The zero-order valence-electron chi connectivity index (χ0n) is 9.11. The molecule has 2 bridgehead atoms. The summed E-state index contributed by atoms with van der Waals surface area (Å²) in [4.78, 5) is 0. The Morgan fingerprint density at radius 1 is 0.882 bits per heavy atom. The van der Waals surface area contributed by atoms with Gasteiger partial charge in [0.25, 0.3) is 0 Å². The van der Waals surface area contributed by atoms with Gasteiger partial charge < -0.3 is 0 Å². The van der Waals surface area contributed by atoms with Gasteiger partial charge in [-0.3, -0.25) is 0 Å². The maximum Gasteiger partial charge on any atom is 0.400 e. The van der Waals surface area contributed by atoms with Crippen LogP contribution in [0.4, 0.5) is 26.3 Å². The zero-order chi connectivity index (χ0) is 12.8. The molecular weight excluding hydrogens is 246 g/mol. The average Bonchev–Trinajstić information content (AvgIpc) is 2.70. The van der Waals surface area contributed by atoms with Gasteiger partial charge in [0, 0.05) is 0 Å². The molecule has 0 aromatic rings. The second-order valence-electron chi connectivity index (χ2n) is 5.31. The molecule has 0 amide bonds. The Morgan fingerprint density at radius 3 is 1.82 bits per heavy atom. The maximum absolute atomic E-state index is 12.4. The summed E-state index contributed by atoms with van der Waals surface area (Å²) in [5, 5.41) is 0. The summed E-state index contributed by atoms with van der Waals surface area (Å²) < 4.78 is 74.4. The molecule has 2 fully saturated rings. The topological polar surface area (TPSA) is 0 Å². The van der Waals surface area contributed by atoms with Crippen LogP contribution >= 0.6 is 0 Å². The van der Waals surface area contributed by atoms with Crippen molar-refractivity contribution in [3.05, 3.63) is 0 Å². The Morgan fingerprint density at radius 2 is 1.47 bits per heavy atom. The number of fused-ring (bicyclic) bond motifs is 2. The first-order valence-corrected chi connectivity index (χ1v) is 5.81. The van der Waals surface area contributed by atoms with Crippen LogP contribution in [-0.2, 0) is 0 Å². The molecule has 6 heteroatoms. The van der Waals surface area contributed by atoms with E-state index in [-0.39, 0.29) is 11.8 Å². The fourth-order valence-corrected chi connectivity index (χ4v) is 3.42. The molecule has 2 rings (SSSR count). The highest BCUT2D eigenvalue weighted by molar-refractivity contribution is 4.92. The number of alkyl halides is 6. The van der Waals surface area contributed by atoms with E-state index in [0.717, 1.165) is 19.3 Å². The minimum atomic E-state index is -5.17. The molecule has 17 heavy (non-hydrogen) atoms. The molecule has 3 unspecified atom stereocenters. The van der Waals surface area contributed by atoms with Gasteiger partial charge in [-0.25, -0.2) is 0 Å². The summed E-state index contributed by atoms with van der Waals surface area (Å²) in [5.74, 6) is -3.07. The third kappa shape index (κ3) is 2.71. The number of rotatable bonds is 2. The van der Waals surface area contributed by atoms with Crippen LogP contribution in [0.15, 0.2) is 0 Å². The van der Waals surface area contributed by atoms with E-state index in [1.54, 1.807) is 0 Å². The SMILES string of the molecule is FC(F)(F)C(CC1CC2CCC1C2)C(F)(F)F. The highest BCUT2D eigenvalue weighted by Crippen LogP contribution is 2.53. The zero-order valence-corrected chi connectivity index (χ0v) is 9.11. The normalized spacial score (nSPS) is 33.7. The molecule has 0 radical (unpaired) electrons. The molecule has 0 aromatic heterocycles. The first kappa shape index (κ1) is 13.0. The average molecular weight is 260 g/mol. The minimum Gasteiger partial charge on any atom is -0.170 e. The highest BCUT2D eigenvalue weighted by atomic mass is 19.4. The van der Waals surface area contributed by atoms with Crippen molar-refractivity contribution in [3.8, 4) is 0 Å². The van der Waals surface area contributed by atoms with Crippen molar-refractivity contribution in [2.45, 2.75) is 44.5 Å². The molecule has 0 heterocycles. The lowest BCUT2D eigenvalue weighted by Crippen LogP contribution is -2.38. The molecule has 0 spiro atoms. The molecule has 0 nitrogen and oxygen atoms in total. The van der Waals surface area contributed by atoms with Crippen LogP contribution in [0, 0.1) is 23.7 Å². The quantitative estimate of drug-likeness (QED) is 0.639. The Bertz CT molecular complexity index is 265. The van der Waals surface area contributed by atoms with Gasteiger partial charge in [0.1, 0.15) is 0 Å². The Labute approximate surface area is 95.4 Å². The largest absolute Gasteiger partial charge is 0.400 e. The Kier molecular flexibility index (Phi) is 3.11. The van der Waals surface area contributed by atoms with Crippen LogP contribution in [-0.4, -0.2) is 12.4 Å². The van der Waals surface area contributed by atoms with E-state index < -0.39 is 24.7 Å². The van der Waals surface area contributed by atoms with Crippen molar-refractivity contribution in [2.75, 3.05) is 0 Å². The van der Waals surface area contributed by atoms with Crippen molar-refractivity contribution in [1.82, 2.24) is 0 Å². The van der Waals surface area contributed by atoms with E-state index in [1.807, 2.05) is 0 Å². The third-order valence-corrected chi connectivity index (χ3v) is 4.21. The van der Waals surface area contributed by atoms with E-state index in [2.05, 4.69) is 0 Å². The fourth-order valence-electron chi connectivity index (χ4n) is 3.42. The molecule has 100 valence electrons. The first-order valence-electron chi connectivity index (χ1n) is 5.81. The van der Waals surface area contributed by atoms with E-state index in [9.17, 15) is 26.3 Å². The molecule has 2 aliphatic carbocycles. The van der Waals surface area contributed by atoms with E-state index in [0.29, 0.717) is 12.3 Å². The predicted molar refractivity (Wildman–Crippen MR) is 49.2 cm³/mol. The van der Waals surface area contributed by atoms with Gasteiger partial charge in [-0.2, -0.15) is 26.3 Å². The van der Waals surface area contributed by atoms with Crippen LogP contribution in [0.25, 0.3) is 0 Å². The number of halogens is 6. The molecule has 0 saturated heterocycles. The van der Waals surface area contributed by atoms with Gasteiger partial charge in [0.05, 0.1) is 0 Å². The highest BCUT2D eigenvalue weighted by Gasteiger charge is 2.58. The second kappa shape index (κ2) is 4.05. The summed E-state index contributed by atoms with van der Waals surface area (Å²) in [6.07, 6.45) is -7.95. The first-order chi connectivity index (χ1) is 7.68. The van der Waals surface area contributed by atoms with Crippen LogP contribution in [0.2, 0.25) is 0 Å². The van der Waals surface area contributed by atoms with Crippen LogP contribution in [0.5, 0.6) is 0 Å². The van der Waals surface area contributed by atoms with E-state index in [4.69, 9.17) is 0 Å². The van der Waals surface area contributed by atoms with Gasteiger partial charge in [0.2, 0.25) is 0 Å². The summed E-state index contributed by atoms with van der Waals surface area (Å²) in [5.41, 5.74) is 0. The van der Waals surface area contributed by atoms with Crippen molar-refractivity contribution >= 4 is 0 Å². The number of hydrogen-bond acceptors (Lipinski definition) is 0. The molecule has 0 aliphatic heterocycles. The van der Waals surface area contributed by atoms with Crippen LogP contribution in [0.3, 0.4) is 0 Å².